The summed E-state index contributed by atoms with van der Waals surface area (Å²) in [4.78, 5) is 23.5. The Morgan fingerprint density at radius 2 is 1.81 bits per heavy atom. The van der Waals surface area contributed by atoms with Gasteiger partial charge in [-0.2, -0.15) is 0 Å². The van der Waals surface area contributed by atoms with Gasteiger partial charge in [-0.15, -0.1) is 0 Å². The van der Waals surface area contributed by atoms with Crippen molar-refractivity contribution in [3.63, 3.8) is 0 Å². The Balaban J connectivity index is 2.97. The van der Waals surface area contributed by atoms with E-state index in [4.69, 9.17) is 0 Å². The summed E-state index contributed by atoms with van der Waals surface area (Å²) < 4.78 is 38.9. The summed E-state index contributed by atoms with van der Waals surface area (Å²) in [5, 5.41) is -0.0851. The van der Waals surface area contributed by atoms with Gasteiger partial charge in [0.25, 0.3) is 5.56 Å². The van der Waals surface area contributed by atoms with Crippen molar-refractivity contribution in [2.24, 2.45) is 0 Å². The molecule has 0 saturated carbocycles. The van der Waals surface area contributed by atoms with Crippen molar-refractivity contribution in [2.45, 2.75) is 0 Å². The minimum atomic E-state index is -1.66. The highest BCUT2D eigenvalue weighted by molar-refractivity contribution is 5.86. The topological polar surface area (TPSA) is 49.9 Å². The third-order valence-corrected chi connectivity index (χ3v) is 2.13. The maximum atomic E-state index is 13.2. The minimum Gasteiger partial charge on any atom is -0.319 e. The molecule has 2 aromatic rings. The molecule has 0 bridgehead atoms. The summed E-state index contributed by atoms with van der Waals surface area (Å²) >= 11 is 0. The van der Waals surface area contributed by atoms with Crippen LogP contribution in [0.4, 0.5) is 13.2 Å². The predicted molar refractivity (Wildman–Crippen MR) is 49.8 cm³/mol. The second kappa shape index (κ2) is 3.48. The van der Waals surface area contributed by atoms with Gasteiger partial charge >= 0.3 is 0 Å². The molecule has 2 rings (SSSR count). The molecular formula is C10H4F3NO2. The molecule has 3 nitrogen and oxygen atoms in total. The standard InChI is InChI=1S/C10H4F3NO2/c11-6-2-4-1-5(3-15)10(16)14-9(4)8(13)7(6)12/h1-3H,(H,14,16). The van der Waals surface area contributed by atoms with E-state index < -0.39 is 28.5 Å². The van der Waals surface area contributed by atoms with Crippen LogP contribution in [0.2, 0.25) is 0 Å². The van der Waals surface area contributed by atoms with Gasteiger partial charge in [-0.3, -0.25) is 9.59 Å². The quantitative estimate of drug-likeness (QED) is 0.596. The van der Waals surface area contributed by atoms with E-state index in [0.29, 0.717) is 6.07 Å². The molecule has 0 spiro atoms. The normalized spacial score (nSPS) is 10.7. The molecule has 6 heteroatoms. The smallest absolute Gasteiger partial charge is 0.259 e. The largest absolute Gasteiger partial charge is 0.319 e. The van der Waals surface area contributed by atoms with Gasteiger partial charge in [0.2, 0.25) is 0 Å². The maximum Gasteiger partial charge on any atom is 0.259 e. The van der Waals surface area contributed by atoms with Gasteiger partial charge in [-0.05, 0) is 12.1 Å². The number of aromatic amines is 1. The average Bonchev–Trinajstić information content (AvgIpc) is 2.27. The van der Waals surface area contributed by atoms with Crippen molar-refractivity contribution in [1.29, 1.82) is 0 Å². The fourth-order valence-corrected chi connectivity index (χ4v) is 1.36. The van der Waals surface area contributed by atoms with Crippen LogP contribution in [0, 0.1) is 17.5 Å². The van der Waals surface area contributed by atoms with Crippen LogP contribution in [-0.4, -0.2) is 11.3 Å². The Bertz CT molecular complexity index is 649. The number of aromatic nitrogens is 1. The van der Waals surface area contributed by atoms with Gasteiger partial charge in [-0.1, -0.05) is 0 Å². The minimum absolute atomic E-state index is 0.0851. The highest BCUT2D eigenvalue weighted by Gasteiger charge is 2.15. The van der Waals surface area contributed by atoms with Gasteiger partial charge in [0.1, 0.15) is 0 Å². The number of hydrogen-bond acceptors (Lipinski definition) is 2. The molecule has 0 aliphatic carbocycles. The lowest BCUT2D eigenvalue weighted by Crippen LogP contribution is -2.12. The number of H-pyrrole nitrogens is 1. The molecule has 0 unspecified atom stereocenters. The number of carbonyl (C=O) groups is 1. The molecule has 0 atom stereocenters. The van der Waals surface area contributed by atoms with Crippen molar-refractivity contribution in [3.05, 3.63) is 45.5 Å². The molecule has 1 aromatic carbocycles. The second-order valence-electron chi connectivity index (χ2n) is 3.12. The maximum absolute atomic E-state index is 13.2. The van der Waals surface area contributed by atoms with Gasteiger partial charge in [-0.25, -0.2) is 13.2 Å². The van der Waals surface area contributed by atoms with Crippen molar-refractivity contribution in [3.8, 4) is 0 Å². The van der Waals surface area contributed by atoms with E-state index in [1.54, 1.807) is 0 Å². The number of nitrogens with one attached hydrogen (secondary N) is 1. The first kappa shape index (κ1) is 10.4. The van der Waals surface area contributed by atoms with Crippen LogP contribution < -0.4 is 5.56 Å². The van der Waals surface area contributed by atoms with Gasteiger partial charge < -0.3 is 4.98 Å². The molecular weight excluding hydrogens is 223 g/mol. The second-order valence-corrected chi connectivity index (χ2v) is 3.12. The van der Waals surface area contributed by atoms with Crippen LogP contribution >= 0.6 is 0 Å². The average molecular weight is 227 g/mol. The number of halogens is 3. The fraction of sp³-hybridized carbons (Fsp3) is 0. The van der Waals surface area contributed by atoms with E-state index in [9.17, 15) is 22.8 Å². The molecule has 0 fully saturated rings. The highest BCUT2D eigenvalue weighted by atomic mass is 19.2. The van der Waals surface area contributed by atoms with Crippen LogP contribution in [0.25, 0.3) is 10.9 Å². The number of benzene rings is 1. The van der Waals surface area contributed by atoms with Gasteiger partial charge in [0, 0.05) is 5.39 Å². The Hall–Kier alpha value is -2.11. The third kappa shape index (κ3) is 1.39. The summed E-state index contributed by atoms with van der Waals surface area (Å²) in [5.74, 6) is -4.53. The van der Waals surface area contributed by atoms with E-state index in [0.717, 1.165) is 6.07 Å². The summed E-state index contributed by atoms with van der Waals surface area (Å²) in [5.41, 5.74) is -1.60. The van der Waals surface area contributed by atoms with E-state index in [2.05, 4.69) is 0 Å². The summed E-state index contributed by atoms with van der Waals surface area (Å²) in [6.45, 7) is 0. The molecule has 0 aliphatic heterocycles. The van der Waals surface area contributed by atoms with E-state index in [1.165, 1.54) is 0 Å². The summed E-state index contributed by atoms with van der Waals surface area (Å²) in [6, 6.07) is 1.70. The monoisotopic (exact) mass is 227 g/mol. The zero-order chi connectivity index (χ0) is 11.9. The number of pyridine rings is 1. The Labute approximate surface area is 86.5 Å². The first-order chi connectivity index (χ1) is 7.54. The Morgan fingerprint density at radius 1 is 1.12 bits per heavy atom. The molecule has 1 aromatic heterocycles. The van der Waals surface area contributed by atoms with Crippen LogP contribution in [0.3, 0.4) is 0 Å². The van der Waals surface area contributed by atoms with Crippen molar-refractivity contribution < 1.29 is 18.0 Å². The van der Waals surface area contributed by atoms with E-state index in [1.807, 2.05) is 4.98 Å². The Morgan fingerprint density at radius 3 is 2.44 bits per heavy atom. The van der Waals surface area contributed by atoms with Crippen LogP contribution in [0.15, 0.2) is 16.9 Å². The molecule has 16 heavy (non-hydrogen) atoms. The molecule has 82 valence electrons. The molecule has 0 saturated heterocycles. The van der Waals surface area contributed by atoms with Gasteiger partial charge in [0.15, 0.2) is 23.7 Å². The van der Waals surface area contributed by atoms with E-state index in [-0.39, 0.29) is 17.2 Å². The van der Waals surface area contributed by atoms with Gasteiger partial charge in [0.05, 0.1) is 11.1 Å². The zero-order valence-electron chi connectivity index (χ0n) is 7.68. The summed E-state index contributed by atoms with van der Waals surface area (Å²) in [6.07, 6.45) is 0.247. The van der Waals surface area contributed by atoms with E-state index >= 15 is 0 Å². The molecule has 1 heterocycles. The number of carbonyl (C=O) groups excluding carboxylic acids is 1. The van der Waals surface area contributed by atoms with Crippen LogP contribution in [-0.2, 0) is 0 Å². The first-order valence-electron chi connectivity index (χ1n) is 4.20. The third-order valence-electron chi connectivity index (χ3n) is 2.13. The number of hydrogen-bond donors (Lipinski definition) is 1. The molecule has 1 N–H and O–H groups in total. The van der Waals surface area contributed by atoms with Crippen molar-refractivity contribution in [1.82, 2.24) is 4.98 Å². The van der Waals surface area contributed by atoms with Crippen LogP contribution in [0.1, 0.15) is 10.4 Å². The number of rotatable bonds is 1. The Kier molecular flexibility index (Phi) is 2.26. The predicted octanol–water partition coefficient (Wildman–Crippen LogP) is 1.76. The van der Waals surface area contributed by atoms with Crippen molar-refractivity contribution >= 4 is 17.2 Å². The van der Waals surface area contributed by atoms with Crippen molar-refractivity contribution in [2.75, 3.05) is 0 Å². The molecule has 0 amide bonds. The molecule has 0 aliphatic rings. The summed E-state index contributed by atoms with van der Waals surface area (Å²) in [7, 11) is 0. The zero-order valence-corrected chi connectivity index (χ0v) is 7.68. The highest BCUT2D eigenvalue weighted by Crippen LogP contribution is 2.20. The fourth-order valence-electron chi connectivity index (χ4n) is 1.36. The number of fused-ring (bicyclic) bond motifs is 1. The number of aldehydes is 1. The lowest BCUT2D eigenvalue weighted by Gasteiger charge is -2.02. The lowest BCUT2D eigenvalue weighted by atomic mass is 10.1. The molecule has 0 radical (unpaired) electrons. The van der Waals surface area contributed by atoms with Crippen LogP contribution in [0.5, 0.6) is 0 Å². The first-order valence-corrected chi connectivity index (χ1v) is 4.20. The SMILES string of the molecule is O=Cc1cc2cc(F)c(F)c(F)c2[nH]c1=O. The lowest BCUT2D eigenvalue weighted by molar-refractivity contribution is 0.112.